The molecule has 1 amide bonds. The van der Waals surface area contributed by atoms with Crippen molar-refractivity contribution in [1.29, 1.82) is 0 Å². The highest BCUT2D eigenvalue weighted by molar-refractivity contribution is 6.04. The van der Waals surface area contributed by atoms with E-state index in [-0.39, 0.29) is 22.8 Å². The Morgan fingerprint density at radius 2 is 1.78 bits per heavy atom. The molecule has 1 aromatic carbocycles. The fourth-order valence-corrected chi connectivity index (χ4v) is 3.36. The van der Waals surface area contributed by atoms with E-state index in [0.29, 0.717) is 11.2 Å². The second kappa shape index (κ2) is 8.62. The molecular weight excluding hydrogens is 496 g/mol. The summed E-state index contributed by atoms with van der Waals surface area (Å²) >= 11 is 0. The number of aliphatic hydroxyl groups is 1. The van der Waals surface area contributed by atoms with Crippen LogP contribution in [-0.4, -0.2) is 48.5 Å². The lowest BCUT2D eigenvalue weighted by Crippen LogP contribution is -2.58. The molecule has 8 nitrogen and oxygen atoms in total. The van der Waals surface area contributed by atoms with Crippen LogP contribution in [0.3, 0.4) is 0 Å². The third-order valence-electron chi connectivity index (χ3n) is 5.46. The first-order valence-electron chi connectivity index (χ1n) is 10.2. The molecule has 0 radical (unpaired) electrons. The van der Waals surface area contributed by atoms with Gasteiger partial charge in [0.2, 0.25) is 11.7 Å². The topological polar surface area (TPSA) is 106 Å². The maximum atomic E-state index is 13.0. The van der Waals surface area contributed by atoms with Gasteiger partial charge in [0.05, 0.1) is 12.6 Å². The molecule has 3 heterocycles. The molecule has 0 aliphatic carbocycles. The lowest BCUT2D eigenvalue weighted by Gasteiger charge is -2.30. The van der Waals surface area contributed by atoms with Crippen LogP contribution in [-0.2, 0) is 6.42 Å². The van der Waals surface area contributed by atoms with Crippen molar-refractivity contribution in [2.75, 3.05) is 5.32 Å². The van der Waals surface area contributed by atoms with E-state index in [2.05, 4.69) is 25.0 Å². The number of hydrogen-bond donors (Lipinski definition) is 2. The highest BCUT2D eigenvalue weighted by atomic mass is 19.4. The SMILES string of the molecule is Cc1ccn2c(C(=O)Nc3cc(-c4noc(CC(O)(C(F)(F)F)C(F)(F)F)n4)ccc3C)cnc2c1. The van der Waals surface area contributed by atoms with Crippen molar-refractivity contribution in [2.24, 2.45) is 0 Å². The molecule has 0 spiro atoms. The second-order valence-corrected chi connectivity index (χ2v) is 8.10. The first kappa shape index (κ1) is 25.2. The van der Waals surface area contributed by atoms with Crippen molar-refractivity contribution in [2.45, 2.75) is 38.2 Å². The Morgan fingerprint density at radius 3 is 2.44 bits per heavy atom. The van der Waals surface area contributed by atoms with Gasteiger partial charge < -0.3 is 14.9 Å². The van der Waals surface area contributed by atoms with E-state index in [9.17, 15) is 36.2 Å². The van der Waals surface area contributed by atoms with Crippen molar-refractivity contribution in [3.63, 3.8) is 0 Å². The number of alkyl halides is 6. The van der Waals surface area contributed by atoms with Gasteiger partial charge in [-0.3, -0.25) is 9.20 Å². The highest BCUT2D eigenvalue weighted by Gasteiger charge is 2.70. The van der Waals surface area contributed by atoms with E-state index in [1.54, 1.807) is 35.7 Å². The molecule has 0 bridgehead atoms. The molecule has 0 fully saturated rings. The van der Waals surface area contributed by atoms with E-state index in [1.807, 2.05) is 6.92 Å². The van der Waals surface area contributed by atoms with Gasteiger partial charge in [-0.25, -0.2) is 4.98 Å². The van der Waals surface area contributed by atoms with Gasteiger partial charge in [0, 0.05) is 17.4 Å². The molecular formula is C22H17F6N5O3. The van der Waals surface area contributed by atoms with Crippen LogP contribution in [0, 0.1) is 13.8 Å². The maximum Gasteiger partial charge on any atom is 0.426 e. The molecule has 0 saturated heterocycles. The summed E-state index contributed by atoms with van der Waals surface area (Å²) in [7, 11) is 0. The number of rotatable bonds is 5. The fourth-order valence-electron chi connectivity index (χ4n) is 3.36. The van der Waals surface area contributed by atoms with E-state index in [4.69, 9.17) is 0 Å². The molecule has 0 atom stereocenters. The molecule has 4 aromatic rings. The standard InChI is InChI=1S/C22H17F6N5O3/c1-11-5-6-33-15(10-29-16(33)7-11)19(34)30-14-8-13(4-3-12(14)2)18-31-17(36-32-18)9-20(35,21(23,24)25)22(26,27)28/h3-8,10,35H,9H2,1-2H3,(H,30,34). The van der Waals surface area contributed by atoms with Gasteiger partial charge in [-0.1, -0.05) is 17.3 Å². The summed E-state index contributed by atoms with van der Waals surface area (Å²) in [5.41, 5.74) is -2.30. The number of hydrogen-bond acceptors (Lipinski definition) is 6. The first-order chi connectivity index (χ1) is 16.7. The third kappa shape index (κ3) is 4.51. The van der Waals surface area contributed by atoms with Gasteiger partial charge >= 0.3 is 12.4 Å². The van der Waals surface area contributed by atoms with Crippen LogP contribution in [0.15, 0.2) is 47.2 Å². The summed E-state index contributed by atoms with van der Waals surface area (Å²) in [6.07, 6.45) is -11.0. The van der Waals surface area contributed by atoms with Gasteiger partial charge in [-0.2, -0.15) is 31.3 Å². The minimum atomic E-state index is -6.03. The largest absolute Gasteiger partial charge is 0.426 e. The molecule has 3 aromatic heterocycles. The lowest BCUT2D eigenvalue weighted by atomic mass is 9.98. The first-order valence-corrected chi connectivity index (χ1v) is 10.2. The van der Waals surface area contributed by atoms with Crippen molar-refractivity contribution in [3.8, 4) is 11.4 Å². The highest BCUT2D eigenvalue weighted by Crippen LogP contribution is 2.45. The Bertz CT molecular complexity index is 1430. The number of benzene rings is 1. The molecule has 0 unspecified atom stereocenters. The average Bonchev–Trinajstić information content (AvgIpc) is 3.40. The summed E-state index contributed by atoms with van der Waals surface area (Å²) in [6.45, 7) is 3.55. The van der Waals surface area contributed by atoms with Crippen molar-refractivity contribution >= 4 is 17.2 Å². The summed E-state index contributed by atoms with van der Waals surface area (Å²) in [4.78, 5) is 20.6. The number of carbonyl (C=O) groups is 1. The normalized spacial score (nSPS) is 12.8. The van der Waals surface area contributed by atoms with Crippen LogP contribution in [0.25, 0.3) is 17.0 Å². The van der Waals surface area contributed by atoms with Crippen molar-refractivity contribution in [3.05, 3.63) is 65.4 Å². The van der Waals surface area contributed by atoms with Crippen LogP contribution in [0.1, 0.15) is 27.5 Å². The third-order valence-corrected chi connectivity index (χ3v) is 5.46. The molecule has 4 rings (SSSR count). The van der Waals surface area contributed by atoms with Crippen LogP contribution in [0.4, 0.5) is 32.0 Å². The Balaban J connectivity index is 1.59. The number of pyridine rings is 1. The number of fused-ring (bicyclic) bond motifs is 1. The number of halogens is 6. The summed E-state index contributed by atoms with van der Waals surface area (Å²) in [5.74, 6) is -1.92. The minimum absolute atomic E-state index is 0.141. The smallest absolute Gasteiger partial charge is 0.373 e. The number of nitrogens with zero attached hydrogens (tertiary/aromatic N) is 4. The van der Waals surface area contributed by atoms with Gasteiger partial charge in [0.1, 0.15) is 11.3 Å². The lowest BCUT2D eigenvalue weighted by molar-refractivity contribution is -0.368. The molecule has 0 aliphatic heterocycles. The predicted molar refractivity (Wildman–Crippen MR) is 113 cm³/mol. The number of amides is 1. The van der Waals surface area contributed by atoms with Gasteiger partial charge in [-0.05, 0) is 43.2 Å². The number of aromatic nitrogens is 4. The molecule has 2 N–H and O–H groups in total. The predicted octanol–water partition coefficient (Wildman–Crippen LogP) is 4.65. The molecule has 14 heteroatoms. The number of carbonyl (C=O) groups excluding carboxylic acids is 1. The minimum Gasteiger partial charge on any atom is -0.373 e. The fraction of sp³-hybridized carbons (Fsp3) is 0.273. The summed E-state index contributed by atoms with van der Waals surface area (Å²) < 4.78 is 83.9. The van der Waals surface area contributed by atoms with E-state index in [0.717, 1.165) is 5.56 Å². The molecule has 0 saturated carbocycles. The summed E-state index contributed by atoms with van der Waals surface area (Å²) in [6, 6.07) is 7.95. The van der Waals surface area contributed by atoms with Gasteiger partial charge in [0.15, 0.2) is 0 Å². The molecule has 36 heavy (non-hydrogen) atoms. The Kier molecular flexibility index (Phi) is 6.02. The summed E-state index contributed by atoms with van der Waals surface area (Å²) in [5, 5.41) is 15.5. The van der Waals surface area contributed by atoms with Crippen molar-refractivity contribution < 1.29 is 40.8 Å². The number of nitrogens with one attached hydrogen (secondary N) is 1. The number of aryl methyl sites for hydroxylation is 2. The van der Waals surface area contributed by atoms with Gasteiger partial charge in [0.25, 0.3) is 11.5 Å². The monoisotopic (exact) mass is 513 g/mol. The van der Waals surface area contributed by atoms with E-state index in [1.165, 1.54) is 18.3 Å². The molecule has 190 valence electrons. The zero-order valence-electron chi connectivity index (χ0n) is 18.6. The second-order valence-electron chi connectivity index (χ2n) is 8.10. The maximum absolute atomic E-state index is 13.0. The Morgan fingerprint density at radius 1 is 1.08 bits per heavy atom. The van der Waals surface area contributed by atoms with Crippen molar-refractivity contribution in [1.82, 2.24) is 19.5 Å². The number of anilines is 1. The Hall–Kier alpha value is -3.94. The van der Waals surface area contributed by atoms with Crippen LogP contribution < -0.4 is 5.32 Å². The van der Waals surface area contributed by atoms with Gasteiger partial charge in [-0.15, -0.1) is 0 Å². The zero-order chi connectivity index (χ0) is 26.5. The zero-order valence-corrected chi connectivity index (χ0v) is 18.6. The van der Waals surface area contributed by atoms with E-state index >= 15 is 0 Å². The quantitative estimate of drug-likeness (QED) is 0.377. The molecule has 0 aliphatic rings. The Labute approximate surface area is 198 Å². The van der Waals surface area contributed by atoms with Crippen LogP contribution in [0.2, 0.25) is 0 Å². The van der Waals surface area contributed by atoms with E-state index < -0.39 is 36.2 Å². The van der Waals surface area contributed by atoms with Crippen LogP contribution >= 0.6 is 0 Å². The average molecular weight is 513 g/mol. The number of imidazole rings is 1. The van der Waals surface area contributed by atoms with Crippen LogP contribution in [0.5, 0.6) is 0 Å².